The fraction of sp³-hybridized carbons (Fsp3) is 1.00. The zero-order chi connectivity index (χ0) is 7.84. The van der Waals surface area contributed by atoms with Crippen molar-refractivity contribution < 1.29 is 0 Å². The molecule has 2 saturated heterocycles. The highest BCUT2D eigenvalue weighted by Crippen LogP contribution is 2.42. The largest absolute Gasteiger partial charge is 0.316 e. The van der Waals surface area contributed by atoms with Gasteiger partial charge in [-0.2, -0.15) is 0 Å². The Bertz CT molecular complexity index is 136. The summed E-state index contributed by atoms with van der Waals surface area (Å²) in [5, 5.41) is 3.57. The van der Waals surface area contributed by atoms with E-state index in [2.05, 4.69) is 19.2 Å². The Hall–Kier alpha value is -0.0400. The van der Waals surface area contributed by atoms with Crippen molar-refractivity contribution in [3.05, 3.63) is 0 Å². The highest BCUT2D eigenvalue weighted by molar-refractivity contribution is 4.90. The van der Waals surface area contributed by atoms with Crippen molar-refractivity contribution in [1.82, 2.24) is 5.32 Å². The summed E-state index contributed by atoms with van der Waals surface area (Å²) in [6.07, 6.45) is 3.02. The quantitative estimate of drug-likeness (QED) is 0.606. The van der Waals surface area contributed by atoms with Crippen LogP contribution in [-0.2, 0) is 0 Å². The molecule has 0 aromatic rings. The summed E-state index contributed by atoms with van der Waals surface area (Å²) >= 11 is 0. The molecular weight excluding hydrogens is 134 g/mol. The molecule has 11 heavy (non-hydrogen) atoms. The van der Waals surface area contributed by atoms with Crippen LogP contribution in [0.1, 0.15) is 26.7 Å². The van der Waals surface area contributed by atoms with E-state index in [0.29, 0.717) is 0 Å². The van der Waals surface area contributed by atoms with Crippen LogP contribution < -0.4 is 5.32 Å². The van der Waals surface area contributed by atoms with Crippen LogP contribution >= 0.6 is 0 Å². The average molecular weight is 153 g/mol. The van der Waals surface area contributed by atoms with Crippen LogP contribution in [0.3, 0.4) is 0 Å². The normalized spacial score (nSPS) is 43.4. The maximum Gasteiger partial charge on any atom is -0.00153 e. The van der Waals surface area contributed by atoms with Gasteiger partial charge in [-0.05, 0) is 49.6 Å². The molecule has 1 heteroatoms. The summed E-state index contributed by atoms with van der Waals surface area (Å²) in [6.45, 7) is 7.30. The van der Waals surface area contributed by atoms with Crippen molar-refractivity contribution in [3.63, 3.8) is 0 Å². The molecule has 0 radical (unpaired) electrons. The first-order chi connectivity index (χ1) is 5.27. The number of fused-ring (bicyclic) bond motifs is 3. The van der Waals surface area contributed by atoms with Crippen molar-refractivity contribution in [2.45, 2.75) is 26.7 Å². The lowest BCUT2D eigenvalue weighted by Crippen LogP contribution is -2.31. The third-order valence-corrected chi connectivity index (χ3v) is 3.55. The molecule has 0 aromatic heterocycles. The molecule has 2 aliphatic heterocycles. The molecule has 0 spiro atoms. The van der Waals surface area contributed by atoms with Gasteiger partial charge in [0, 0.05) is 0 Å². The second-order valence-electron chi connectivity index (χ2n) is 4.66. The second kappa shape index (κ2) is 2.78. The summed E-state index contributed by atoms with van der Waals surface area (Å²) in [5.41, 5.74) is 0. The maximum absolute atomic E-state index is 3.57. The highest BCUT2D eigenvalue weighted by Gasteiger charge is 2.38. The van der Waals surface area contributed by atoms with E-state index in [4.69, 9.17) is 0 Å². The molecule has 0 aromatic carbocycles. The molecule has 1 nitrogen and oxygen atoms in total. The first-order valence-electron chi connectivity index (χ1n) is 4.98. The van der Waals surface area contributed by atoms with Crippen molar-refractivity contribution in [2.75, 3.05) is 13.1 Å². The van der Waals surface area contributed by atoms with Crippen molar-refractivity contribution in [3.8, 4) is 0 Å². The van der Waals surface area contributed by atoms with E-state index in [1.54, 1.807) is 0 Å². The fourth-order valence-corrected chi connectivity index (χ4v) is 2.70. The Morgan fingerprint density at radius 3 is 2.55 bits per heavy atom. The minimum absolute atomic E-state index is 0.881. The standard InChI is InChI=1S/C10H19N/c1-7(2)10-6-11-5-8-3-9(10)4-8/h7-11H,3-6H2,1-2H3. The molecule has 3 fully saturated rings. The lowest BCUT2D eigenvalue weighted by atomic mass is 9.67. The van der Waals surface area contributed by atoms with Gasteiger partial charge in [0.1, 0.15) is 0 Å². The van der Waals surface area contributed by atoms with Crippen LogP contribution in [-0.4, -0.2) is 13.1 Å². The van der Waals surface area contributed by atoms with Gasteiger partial charge in [-0.25, -0.2) is 0 Å². The summed E-state index contributed by atoms with van der Waals surface area (Å²) in [6, 6.07) is 0. The smallest absolute Gasteiger partial charge is 0.00153 e. The topological polar surface area (TPSA) is 12.0 Å². The first-order valence-corrected chi connectivity index (χ1v) is 4.98. The monoisotopic (exact) mass is 153 g/mol. The van der Waals surface area contributed by atoms with Crippen LogP contribution in [0, 0.1) is 23.7 Å². The summed E-state index contributed by atoms with van der Waals surface area (Å²) in [4.78, 5) is 0. The zero-order valence-corrected chi connectivity index (χ0v) is 7.64. The number of nitrogens with one attached hydrogen (secondary N) is 1. The number of hydrogen-bond donors (Lipinski definition) is 1. The van der Waals surface area contributed by atoms with E-state index in [1.807, 2.05) is 0 Å². The summed E-state index contributed by atoms with van der Waals surface area (Å²) in [7, 11) is 0. The second-order valence-corrected chi connectivity index (χ2v) is 4.66. The Labute approximate surface area is 69.6 Å². The predicted molar refractivity (Wildman–Crippen MR) is 47.4 cm³/mol. The van der Waals surface area contributed by atoms with Crippen LogP contribution in [0.4, 0.5) is 0 Å². The van der Waals surface area contributed by atoms with Crippen molar-refractivity contribution in [2.24, 2.45) is 23.7 Å². The molecule has 3 rings (SSSR count). The van der Waals surface area contributed by atoms with Gasteiger partial charge in [-0.15, -0.1) is 0 Å². The van der Waals surface area contributed by atoms with E-state index in [1.165, 1.54) is 25.9 Å². The Morgan fingerprint density at radius 1 is 1.18 bits per heavy atom. The first kappa shape index (κ1) is 7.60. The minimum atomic E-state index is 0.881. The molecule has 1 atom stereocenters. The minimum Gasteiger partial charge on any atom is -0.316 e. The fourth-order valence-electron chi connectivity index (χ4n) is 2.70. The Balaban J connectivity index is 1.98. The molecule has 1 saturated carbocycles. The lowest BCUT2D eigenvalue weighted by molar-refractivity contribution is 0.130. The van der Waals surface area contributed by atoms with E-state index >= 15 is 0 Å². The van der Waals surface area contributed by atoms with Gasteiger partial charge >= 0.3 is 0 Å². The highest BCUT2D eigenvalue weighted by atomic mass is 14.9. The van der Waals surface area contributed by atoms with Crippen LogP contribution in [0.5, 0.6) is 0 Å². The number of rotatable bonds is 1. The average Bonchev–Trinajstić information content (AvgIpc) is 2.13. The molecular formula is C10H19N. The third-order valence-electron chi connectivity index (χ3n) is 3.55. The molecule has 1 N–H and O–H groups in total. The molecule has 2 bridgehead atoms. The number of hydrogen-bond acceptors (Lipinski definition) is 1. The summed E-state index contributed by atoms with van der Waals surface area (Å²) in [5.74, 6) is 3.94. The van der Waals surface area contributed by atoms with Gasteiger partial charge in [0.15, 0.2) is 0 Å². The zero-order valence-electron chi connectivity index (χ0n) is 7.64. The van der Waals surface area contributed by atoms with Crippen molar-refractivity contribution in [1.29, 1.82) is 0 Å². The Morgan fingerprint density at radius 2 is 1.91 bits per heavy atom. The molecule has 2 heterocycles. The molecule has 1 aliphatic carbocycles. The van der Waals surface area contributed by atoms with Gasteiger partial charge < -0.3 is 5.32 Å². The van der Waals surface area contributed by atoms with E-state index in [9.17, 15) is 0 Å². The van der Waals surface area contributed by atoms with Crippen LogP contribution in [0.25, 0.3) is 0 Å². The van der Waals surface area contributed by atoms with E-state index in [-0.39, 0.29) is 0 Å². The molecule has 64 valence electrons. The van der Waals surface area contributed by atoms with Crippen LogP contribution in [0.2, 0.25) is 0 Å². The van der Waals surface area contributed by atoms with Gasteiger partial charge in [0.25, 0.3) is 0 Å². The van der Waals surface area contributed by atoms with Crippen molar-refractivity contribution >= 4 is 0 Å². The van der Waals surface area contributed by atoms with Gasteiger partial charge in [-0.3, -0.25) is 0 Å². The third kappa shape index (κ3) is 1.31. The maximum atomic E-state index is 3.57. The van der Waals surface area contributed by atoms with E-state index < -0.39 is 0 Å². The Kier molecular flexibility index (Phi) is 1.92. The molecule has 3 aliphatic rings. The van der Waals surface area contributed by atoms with Crippen LogP contribution in [0.15, 0.2) is 0 Å². The molecule has 1 unspecified atom stereocenters. The summed E-state index contributed by atoms with van der Waals surface area (Å²) < 4.78 is 0. The van der Waals surface area contributed by atoms with Gasteiger partial charge in [0.05, 0.1) is 0 Å². The van der Waals surface area contributed by atoms with E-state index in [0.717, 1.165) is 23.7 Å². The lowest BCUT2D eigenvalue weighted by Gasteiger charge is -2.38. The van der Waals surface area contributed by atoms with Gasteiger partial charge in [0.2, 0.25) is 0 Å². The van der Waals surface area contributed by atoms with Gasteiger partial charge in [-0.1, -0.05) is 13.8 Å². The predicted octanol–water partition coefficient (Wildman–Crippen LogP) is 1.89. The molecule has 0 amide bonds. The SMILES string of the molecule is CC(C)C1CNCC2CC1C2.